The highest BCUT2D eigenvalue weighted by Crippen LogP contribution is 2.65. The van der Waals surface area contributed by atoms with Crippen molar-refractivity contribution in [1.29, 1.82) is 0 Å². The van der Waals surface area contributed by atoms with Crippen molar-refractivity contribution in [3.8, 4) is 0 Å². The average Bonchev–Trinajstić information content (AvgIpc) is 3.82. The van der Waals surface area contributed by atoms with Gasteiger partial charge in [0.1, 0.15) is 18.2 Å². The van der Waals surface area contributed by atoms with E-state index in [2.05, 4.69) is 24.5 Å². The molecule has 1 heterocycles. The van der Waals surface area contributed by atoms with E-state index in [0.717, 1.165) is 57.8 Å². The molecule has 0 spiro atoms. The predicted molar refractivity (Wildman–Crippen MR) is 133 cm³/mol. The van der Waals surface area contributed by atoms with Crippen molar-refractivity contribution >= 4 is 29.6 Å². The normalized spacial score (nSPS) is 30.0. The maximum atomic E-state index is 14.0. The van der Waals surface area contributed by atoms with Gasteiger partial charge in [-0.3, -0.25) is 19.2 Å². The number of piperidine rings is 1. The fourth-order valence-electron chi connectivity index (χ4n) is 6.69. The van der Waals surface area contributed by atoms with Gasteiger partial charge in [0.15, 0.2) is 0 Å². The first-order valence-electron chi connectivity index (χ1n) is 14.0. The van der Waals surface area contributed by atoms with Crippen LogP contribution in [0.25, 0.3) is 0 Å². The van der Waals surface area contributed by atoms with E-state index < -0.39 is 41.8 Å². The van der Waals surface area contributed by atoms with E-state index in [-0.39, 0.29) is 41.1 Å². The van der Waals surface area contributed by atoms with E-state index in [1.165, 1.54) is 0 Å². The number of fused-ring (bicyclic) bond motifs is 1. The third-order valence-corrected chi connectivity index (χ3v) is 9.36. The lowest BCUT2D eigenvalue weighted by Crippen LogP contribution is -2.59. The van der Waals surface area contributed by atoms with Crippen LogP contribution >= 0.6 is 0 Å². The summed E-state index contributed by atoms with van der Waals surface area (Å²) in [6, 6.07) is -2.49. The molecule has 5 atom stereocenters. The molecule has 4 N–H and O–H groups in total. The predicted octanol–water partition coefficient (Wildman–Crippen LogP) is 1.65. The number of nitrogens with two attached hydrogens (primary N) is 1. The van der Waals surface area contributed by atoms with Crippen LogP contribution in [0.3, 0.4) is 0 Å². The van der Waals surface area contributed by atoms with Gasteiger partial charge in [0, 0.05) is 6.54 Å². The largest absolute Gasteiger partial charge is 0.446 e. The zero-order valence-electron chi connectivity index (χ0n) is 21.9. The summed E-state index contributed by atoms with van der Waals surface area (Å²) >= 11 is 0. The van der Waals surface area contributed by atoms with Crippen LogP contribution < -0.4 is 16.4 Å². The molecule has 4 amide bonds. The molecule has 37 heavy (non-hydrogen) atoms. The Morgan fingerprint density at radius 2 is 1.65 bits per heavy atom. The van der Waals surface area contributed by atoms with Crippen molar-refractivity contribution in [2.75, 3.05) is 6.54 Å². The Hall–Kier alpha value is -2.65. The van der Waals surface area contributed by atoms with Crippen molar-refractivity contribution in [3.05, 3.63) is 0 Å². The number of nitrogens with zero attached hydrogens (tertiary/aromatic N) is 1. The first-order valence-corrected chi connectivity index (χ1v) is 14.0. The molecular weight excluding hydrogens is 476 g/mol. The molecule has 10 heteroatoms. The molecule has 5 fully saturated rings. The topological polar surface area (TPSA) is 148 Å². The quantitative estimate of drug-likeness (QED) is 0.376. The Morgan fingerprint density at radius 1 is 0.973 bits per heavy atom. The summed E-state index contributed by atoms with van der Waals surface area (Å²) in [5.74, 6) is -2.16. The van der Waals surface area contributed by atoms with Gasteiger partial charge in [-0.15, -0.1) is 0 Å². The van der Waals surface area contributed by atoms with Crippen LogP contribution in [0.2, 0.25) is 0 Å². The highest BCUT2D eigenvalue weighted by atomic mass is 16.6. The van der Waals surface area contributed by atoms with Gasteiger partial charge in [0.25, 0.3) is 5.91 Å². The second-order valence-corrected chi connectivity index (χ2v) is 12.5. The number of rotatable bonds is 10. The molecule has 0 bridgehead atoms. The summed E-state index contributed by atoms with van der Waals surface area (Å²) in [6.45, 7) is 4.60. The van der Waals surface area contributed by atoms with E-state index in [1.54, 1.807) is 4.90 Å². The van der Waals surface area contributed by atoms with Crippen LogP contribution in [0, 0.1) is 29.1 Å². The van der Waals surface area contributed by atoms with E-state index in [0.29, 0.717) is 13.0 Å². The maximum Gasteiger partial charge on any atom is 0.408 e. The lowest BCUT2D eigenvalue weighted by Gasteiger charge is -2.37. The first kappa shape index (κ1) is 26.0. The SMILES string of the molecule is CC1(C)C2CN(C(=O)[C@@H](NC(=O)OC3CC3)C3CCCCC3)C(C(=O)NC(CC3CC3)C(=O)C(N)=O)C21. The molecule has 5 aliphatic rings. The number of hydrogen-bond donors (Lipinski definition) is 3. The number of carbonyl (C=O) groups is 5. The number of Topliss-reactive ketones (excluding diaryl/α,β-unsaturated/α-hetero) is 1. The molecular formula is C27H40N4O6. The van der Waals surface area contributed by atoms with Gasteiger partial charge in [0.2, 0.25) is 17.6 Å². The minimum atomic E-state index is -1.06. The molecule has 10 nitrogen and oxygen atoms in total. The Labute approximate surface area is 217 Å². The van der Waals surface area contributed by atoms with Gasteiger partial charge < -0.3 is 26.0 Å². The number of amides is 4. The molecule has 4 unspecified atom stereocenters. The standard InChI is InChI=1S/C27H40N4O6/c1-27(2)17-13-31(21(19(17)27)24(34)29-18(12-14-8-9-14)22(32)23(28)33)25(35)20(15-6-4-3-5-7-15)30-26(36)37-16-10-11-16/h14-21H,3-13H2,1-2H3,(H2,28,33)(H,29,34)(H,30,36)/t17?,18?,19?,20-,21?/m0/s1. The lowest BCUT2D eigenvalue weighted by molar-refractivity contribution is -0.144. The number of nitrogens with one attached hydrogen (secondary N) is 2. The molecule has 1 aliphatic heterocycles. The summed E-state index contributed by atoms with van der Waals surface area (Å²) < 4.78 is 5.40. The van der Waals surface area contributed by atoms with E-state index in [9.17, 15) is 24.0 Å². The number of ether oxygens (including phenoxy) is 1. The number of alkyl carbamates (subject to hydrolysis) is 1. The zero-order chi connectivity index (χ0) is 26.5. The Kier molecular flexibility index (Phi) is 6.96. The molecule has 0 aromatic heterocycles. The van der Waals surface area contributed by atoms with E-state index in [1.807, 2.05) is 0 Å². The van der Waals surface area contributed by atoms with Crippen molar-refractivity contribution in [2.24, 2.45) is 34.8 Å². The molecule has 5 rings (SSSR count). The van der Waals surface area contributed by atoms with Crippen LogP contribution in [0.15, 0.2) is 0 Å². The number of likely N-dealkylation sites (tertiary alicyclic amines) is 1. The van der Waals surface area contributed by atoms with Crippen LogP contribution in [0.4, 0.5) is 4.79 Å². The second-order valence-electron chi connectivity index (χ2n) is 12.5. The number of carbonyl (C=O) groups excluding carboxylic acids is 5. The van der Waals surface area contributed by atoms with Gasteiger partial charge in [0.05, 0.1) is 6.04 Å². The molecule has 4 aliphatic carbocycles. The third-order valence-electron chi connectivity index (χ3n) is 9.36. The highest BCUT2D eigenvalue weighted by molar-refractivity contribution is 6.37. The Bertz CT molecular complexity index is 968. The van der Waals surface area contributed by atoms with Gasteiger partial charge in [-0.25, -0.2) is 4.79 Å². The monoisotopic (exact) mass is 516 g/mol. The van der Waals surface area contributed by atoms with Crippen molar-refractivity contribution in [3.63, 3.8) is 0 Å². The van der Waals surface area contributed by atoms with Gasteiger partial charge in [-0.1, -0.05) is 46.0 Å². The first-order chi connectivity index (χ1) is 17.6. The van der Waals surface area contributed by atoms with Crippen molar-refractivity contribution in [2.45, 2.75) is 102 Å². The smallest absolute Gasteiger partial charge is 0.408 e. The minimum absolute atomic E-state index is 0.0132. The molecule has 204 valence electrons. The summed E-state index contributed by atoms with van der Waals surface area (Å²) in [5.41, 5.74) is 5.15. The Balaban J connectivity index is 1.34. The summed E-state index contributed by atoms with van der Waals surface area (Å²) in [7, 11) is 0. The number of primary amides is 1. The van der Waals surface area contributed by atoms with Crippen molar-refractivity contribution in [1.82, 2.24) is 15.5 Å². The third kappa shape index (κ3) is 5.48. The maximum absolute atomic E-state index is 14.0. The molecule has 0 aromatic rings. The van der Waals surface area contributed by atoms with Crippen molar-refractivity contribution < 1.29 is 28.7 Å². The van der Waals surface area contributed by atoms with Crippen LogP contribution in [0.1, 0.15) is 78.1 Å². The minimum Gasteiger partial charge on any atom is -0.446 e. The molecule has 4 saturated carbocycles. The fourth-order valence-corrected chi connectivity index (χ4v) is 6.69. The van der Waals surface area contributed by atoms with Crippen LogP contribution in [-0.4, -0.2) is 65.3 Å². The highest BCUT2D eigenvalue weighted by Gasteiger charge is 2.69. The fraction of sp³-hybridized carbons (Fsp3) is 0.815. The summed E-state index contributed by atoms with van der Waals surface area (Å²) in [5, 5.41) is 5.64. The summed E-state index contributed by atoms with van der Waals surface area (Å²) in [4.78, 5) is 66.0. The molecule has 0 radical (unpaired) electrons. The second kappa shape index (κ2) is 9.91. The zero-order valence-corrected chi connectivity index (χ0v) is 21.9. The summed E-state index contributed by atoms with van der Waals surface area (Å²) in [6.07, 6.45) is 8.08. The number of ketones is 1. The van der Waals surface area contributed by atoms with Gasteiger partial charge in [-0.05, 0) is 61.2 Å². The van der Waals surface area contributed by atoms with Gasteiger partial charge in [-0.2, -0.15) is 0 Å². The Morgan fingerprint density at radius 3 is 2.24 bits per heavy atom. The molecule has 1 saturated heterocycles. The van der Waals surface area contributed by atoms with E-state index >= 15 is 0 Å². The molecule has 0 aromatic carbocycles. The van der Waals surface area contributed by atoms with E-state index in [4.69, 9.17) is 10.5 Å². The van der Waals surface area contributed by atoms with Crippen LogP contribution in [0.5, 0.6) is 0 Å². The van der Waals surface area contributed by atoms with Gasteiger partial charge >= 0.3 is 6.09 Å². The van der Waals surface area contributed by atoms with Crippen LogP contribution in [-0.2, 0) is 23.9 Å². The number of hydrogen-bond acceptors (Lipinski definition) is 6. The average molecular weight is 517 g/mol. The lowest BCUT2D eigenvalue weighted by atomic mass is 9.83.